The lowest BCUT2D eigenvalue weighted by Gasteiger charge is -2.43. The molecule has 0 unspecified atom stereocenters. The Balaban J connectivity index is 1.48. The van der Waals surface area contributed by atoms with E-state index in [1.165, 1.54) is 25.7 Å². The van der Waals surface area contributed by atoms with Gasteiger partial charge in [0.05, 0.1) is 12.5 Å². The number of carbonyl (C=O) groups is 1. The highest BCUT2D eigenvalue weighted by Gasteiger charge is 2.92. The van der Waals surface area contributed by atoms with Gasteiger partial charge in [0.1, 0.15) is 0 Å². The smallest absolute Gasteiger partial charge is 0.312 e. The van der Waals surface area contributed by atoms with Crippen LogP contribution in [0.15, 0.2) is 0 Å². The molecule has 140 valence electrons. The molecule has 0 spiro atoms. The van der Waals surface area contributed by atoms with E-state index in [-0.39, 0.29) is 11.4 Å². The Bertz CT molecular complexity index is 789. The average Bonchev–Trinajstić information content (AvgIpc) is 3.36. The van der Waals surface area contributed by atoms with Crippen LogP contribution < -0.4 is 0 Å². The molecule has 8 rings (SSSR count). The molecule has 8 aliphatic carbocycles. The van der Waals surface area contributed by atoms with Gasteiger partial charge in [0.2, 0.25) is 0 Å². The van der Waals surface area contributed by atoms with E-state index >= 15 is 0 Å². The van der Waals surface area contributed by atoms with E-state index in [0.29, 0.717) is 22.7 Å². The molecular weight excluding hydrogens is 320 g/mol. The summed E-state index contributed by atoms with van der Waals surface area (Å²) in [5.74, 6) is 10.7. The molecule has 0 saturated heterocycles. The minimum Gasteiger partial charge on any atom is -0.469 e. The monoisotopic (exact) mass is 352 g/mol. The standard InChI is InChI=1S/C24H32O2/c1-22-8-7-11-16-14-13-15(24(16,3)21(25)26-4)9-5-6-10-12(9)18(13)23(2,20(10)22)19(14)17(11)22/h9-20H,5-8H2,1-4H3/t9-,10-,11-,12-,13-,14+,15-,16-,17+,18-,19-,20-,22-,23-,24-/m1/s1. The Kier molecular flexibility index (Phi) is 1.98. The largest absolute Gasteiger partial charge is 0.469 e. The van der Waals surface area contributed by atoms with E-state index in [1.807, 2.05) is 0 Å². The predicted molar refractivity (Wildman–Crippen MR) is 96.7 cm³/mol. The molecule has 0 aromatic heterocycles. The van der Waals surface area contributed by atoms with Crippen LogP contribution in [0.3, 0.4) is 0 Å². The Morgan fingerprint density at radius 1 is 0.808 bits per heavy atom. The van der Waals surface area contributed by atoms with Crippen LogP contribution in [0.5, 0.6) is 0 Å². The number of fused-ring (bicyclic) bond motifs is 4. The van der Waals surface area contributed by atoms with E-state index in [4.69, 9.17) is 4.74 Å². The van der Waals surface area contributed by atoms with E-state index < -0.39 is 0 Å². The summed E-state index contributed by atoms with van der Waals surface area (Å²) in [6.07, 6.45) is 5.75. The van der Waals surface area contributed by atoms with Gasteiger partial charge in [-0.25, -0.2) is 0 Å². The summed E-state index contributed by atoms with van der Waals surface area (Å²) in [5.41, 5.74) is 1.04. The van der Waals surface area contributed by atoms with Crippen molar-refractivity contribution in [2.24, 2.45) is 87.3 Å². The van der Waals surface area contributed by atoms with Gasteiger partial charge in [-0.3, -0.25) is 4.79 Å². The van der Waals surface area contributed by atoms with Gasteiger partial charge in [-0.05, 0) is 114 Å². The fraction of sp³-hybridized carbons (Fsp3) is 0.958. The van der Waals surface area contributed by atoms with Gasteiger partial charge in [-0.15, -0.1) is 0 Å². The first-order valence-electron chi connectivity index (χ1n) is 11.5. The minimum absolute atomic E-state index is 0.164. The molecule has 8 saturated carbocycles. The van der Waals surface area contributed by atoms with Gasteiger partial charge in [0, 0.05) is 0 Å². The van der Waals surface area contributed by atoms with Crippen LogP contribution in [0.1, 0.15) is 46.5 Å². The number of carbonyl (C=O) groups excluding carboxylic acids is 1. The second kappa shape index (κ2) is 3.57. The molecule has 0 amide bonds. The summed E-state index contributed by atoms with van der Waals surface area (Å²) in [5, 5.41) is 0. The number of rotatable bonds is 1. The van der Waals surface area contributed by atoms with Gasteiger partial charge < -0.3 is 4.74 Å². The molecule has 0 heterocycles. The summed E-state index contributed by atoms with van der Waals surface area (Å²) in [6.45, 7) is 7.86. The van der Waals surface area contributed by atoms with Crippen molar-refractivity contribution < 1.29 is 9.53 Å². The van der Waals surface area contributed by atoms with E-state index in [2.05, 4.69) is 20.8 Å². The van der Waals surface area contributed by atoms with Crippen molar-refractivity contribution >= 4 is 5.97 Å². The van der Waals surface area contributed by atoms with Crippen LogP contribution in [-0.4, -0.2) is 13.1 Å². The second-order valence-electron chi connectivity index (χ2n) is 12.6. The van der Waals surface area contributed by atoms with Crippen molar-refractivity contribution in [3.8, 4) is 0 Å². The molecule has 0 bridgehead atoms. The van der Waals surface area contributed by atoms with Crippen LogP contribution in [0.2, 0.25) is 0 Å². The Hall–Kier alpha value is -0.530. The van der Waals surface area contributed by atoms with Gasteiger partial charge in [0.15, 0.2) is 0 Å². The zero-order valence-corrected chi connectivity index (χ0v) is 16.6. The summed E-state index contributed by atoms with van der Waals surface area (Å²) < 4.78 is 5.56. The molecule has 26 heavy (non-hydrogen) atoms. The number of ether oxygens (including phenoxy) is 1. The highest BCUT2D eigenvalue weighted by atomic mass is 16.5. The van der Waals surface area contributed by atoms with Crippen LogP contribution in [-0.2, 0) is 9.53 Å². The number of methoxy groups -OCH3 is 1. The SMILES string of the molecule is COC(=O)[C@]1(C)[C@@H]2[C@@H]3CC[C@@H]4[C@@H]3[C@@H]3[C@@H]2[C@H]2[C@H]1[C@H]1CC[C@]5(C)[C@@H]1[C@@H]2[C@]3(C)[C@H]45. The first-order valence-corrected chi connectivity index (χ1v) is 11.5. The number of hydrogen-bond donors (Lipinski definition) is 0. The lowest BCUT2D eigenvalue weighted by atomic mass is 9.61. The van der Waals surface area contributed by atoms with Crippen LogP contribution >= 0.6 is 0 Å². The van der Waals surface area contributed by atoms with Gasteiger partial charge in [0.25, 0.3) is 0 Å². The first kappa shape index (κ1) is 14.5. The van der Waals surface area contributed by atoms with Gasteiger partial charge in [-0.2, -0.15) is 0 Å². The summed E-state index contributed by atoms with van der Waals surface area (Å²) >= 11 is 0. The van der Waals surface area contributed by atoms with E-state index in [9.17, 15) is 4.79 Å². The molecule has 8 aliphatic rings. The lowest BCUT2D eigenvalue weighted by Crippen LogP contribution is -2.45. The Labute approximate surface area is 156 Å². The van der Waals surface area contributed by atoms with Crippen LogP contribution in [0.4, 0.5) is 0 Å². The van der Waals surface area contributed by atoms with Crippen LogP contribution in [0, 0.1) is 87.3 Å². The topological polar surface area (TPSA) is 26.3 Å². The fourth-order valence-electron chi connectivity index (χ4n) is 14.0. The fourth-order valence-corrected chi connectivity index (χ4v) is 14.0. The molecule has 8 fully saturated rings. The molecule has 2 nitrogen and oxygen atoms in total. The molecular formula is C24H32O2. The third-order valence-corrected chi connectivity index (χ3v) is 13.1. The maximum absolute atomic E-state index is 13.4. The maximum atomic E-state index is 13.4. The van der Waals surface area contributed by atoms with Crippen molar-refractivity contribution in [1.29, 1.82) is 0 Å². The second-order valence-corrected chi connectivity index (χ2v) is 12.6. The minimum atomic E-state index is -0.176. The summed E-state index contributed by atoms with van der Waals surface area (Å²) in [6, 6.07) is 0. The molecule has 0 radical (unpaired) electrons. The van der Waals surface area contributed by atoms with Crippen molar-refractivity contribution in [2.45, 2.75) is 46.5 Å². The summed E-state index contributed by atoms with van der Waals surface area (Å²) in [4.78, 5) is 13.4. The van der Waals surface area contributed by atoms with Gasteiger partial charge in [-0.1, -0.05) is 13.8 Å². The average molecular weight is 353 g/mol. The van der Waals surface area contributed by atoms with Crippen molar-refractivity contribution in [3.63, 3.8) is 0 Å². The first-order chi connectivity index (χ1) is 12.4. The highest BCUT2D eigenvalue weighted by Crippen LogP contribution is 2.95. The zero-order chi connectivity index (χ0) is 17.5. The molecule has 2 heteroatoms. The molecule has 0 N–H and O–H groups in total. The Morgan fingerprint density at radius 3 is 2.27 bits per heavy atom. The third kappa shape index (κ3) is 0.937. The van der Waals surface area contributed by atoms with Gasteiger partial charge >= 0.3 is 5.97 Å². The quantitative estimate of drug-likeness (QED) is 0.660. The molecule has 0 aromatic rings. The number of esters is 1. The normalized spacial score (nSPS) is 77.2. The van der Waals surface area contributed by atoms with Crippen LogP contribution in [0.25, 0.3) is 0 Å². The van der Waals surface area contributed by atoms with Crippen molar-refractivity contribution in [3.05, 3.63) is 0 Å². The zero-order valence-electron chi connectivity index (χ0n) is 16.6. The van der Waals surface area contributed by atoms with E-state index in [0.717, 1.165) is 59.2 Å². The van der Waals surface area contributed by atoms with E-state index in [1.54, 1.807) is 7.11 Å². The van der Waals surface area contributed by atoms with Crippen molar-refractivity contribution in [1.82, 2.24) is 0 Å². The van der Waals surface area contributed by atoms with Crippen molar-refractivity contribution in [2.75, 3.05) is 7.11 Å². The molecule has 0 aromatic carbocycles. The maximum Gasteiger partial charge on any atom is 0.312 e. The third-order valence-electron chi connectivity index (χ3n) is 13.1. The lowest BCUT2D eigenvalue weighted by molar-refractivity contribution is -0.160. The molecule has 15 atom stereocenters. The summed E-state index contributed by atoms with van der Waals surface area (Å²) in [7, 11) is 1.66. The highest BCUT2D eigenvalue weighted by molar-refractivity contribution is 5.79. The molecule has 0 aliphatic heterocycles. The predicted octanol–water partition coefficient (Wildman–Crippen LogP) is 4.24. The number of hydrogen-bond acceptors (Lipinski definition) is 2. The Morgan fingerprint density at radius 2 is 1.50 bits per heavy atom.